The first-order valence-corrected chi connectivity index (χ1v) is 22.9. The standard InChI is InChI=1S/C2H8N2.4CH6O6P2.5Na.5H/c3-1-2-4;4*2-8(3,4)1-9(5,6)7;;;;;;;;;;/h1-4H2;4*1H2,(H2,2,3,4)(H2,5,6,7);;;;;;;;;;/q;;;;;5*+1;5*-1. The van der Waals surface area contributed by atoms with Crippen molar-refractivity contribution in [3.05, 3.63) is 0 Å². The van der Waals surface area contributed by atoms with Crippen LogP contribution < -0.4 is 159 Å². The van der Waals surface area contributed by atoms with Gasteiger partial charge in [0.2, 0.25) is 0 Å². The van der Waals surface area contributed by atoms with E-state index in [9.17, 15) is 36.5 Å². The van der Waals surface area contributed by atoms with Gasteiger partial charge in [0.25, 0.3) is 0 Å². The minimum absolute atomic E-state index is 0. The molecule has 0 amide bonds. The Morgan fingerprint density at radius 1 is 0.289 bits per heavy atom. The average Bonchev–Trinajstić information content (AvgIpc) is 2.41. The van der Waals surface area contributed by atoms with Crippen LogP contribution in [0.5, 0.6) is 0 Å². The second-order valence-electron chi connectivity index (χ2n) is 6.46. The van der Waals surface area contributed by atoms with Crippen LogP contribution >= 0.6 is 60.8 Å². The number of hydrogen-bond donors (Lipinski definition) is 18. The smallest absolute Gasteiger partial charge is 1.00 e. The molecule has 0 aromatic heterocycles. The molecular weight excluding hydrogens is 847 g/mol. The van der Waals surface area contributed by atoms with Crippen molar-refractivity contribution >= 4 is 60.8 Å². The van der Waals surface area contributed by atoms with Crippen molar-refractivity contribution < 1.29 is 270 Å². The van der Waals surface area contributed by atoms with Gasteiger partial charge in [0.15, 0.2) is 23.6 Å². The summed E-state index contributed by atoms with van der Waals surface area (Å²) in [5.74, 6) is -5.50. The van der Waals surface area contributed by atoms with Crippen LogP contribution in [0.15, 0.2) is 0 Å². The van der Waals surface area contributed by atoms with Crippen molar-refractivity contribution in [2.75, 3.05) is 36.7 Å². The third-order valence-electron chi connectivity index (χ3n) is 1.64. The summed E-state index contributed by atoms with van der Waals surface area (Å²) in [5.41, 5.74) is 9.81. The second kappa shape index (κ2) is 33.5. The van der Waals surface area contributed by atoms with Crippen molar-refractivity contribution in [3.63, 3.8) is 0 Å². The number of rotatable bonds is 9. The van der Waals surface area contributed by atoms with Crippen LogP contribution in [0.2, 0.25) is 0 Å². The zero-order chi connectivity index (χ0) is 34.2. The fourth-order valence-corrected chi connectivity index (χ4v) is 8.64. The molecule has 0 spiro atoms. The maximum atomic E-state index is 9.85. The van der Waals surface area contributed by atoms with E-state index < -0.39 is 84.4 Å². The number of hydrogen-bond acceptors (Lipinski definition) is 10. The Bertz CT molecular complexity index is 867. The van der Waals surface area contributed by atoms with Crippen LogP contribution in [-0.4, -0.2) is 115 Å². The summed E-state index contributed by atoms with van der Waals surface area (Å²) in [5, 5.41) is 0. The molecule has 0 atom stereocenters. The summed E-state index contributed by atoms with van der Waals surface area (Å²) in [7, 11) is -36.4. The van der Waals surface area contributed by atoms with Crippen molar-refractivity contribution in [2.45, 2.75) is 0 Å². The van der Waals surface area contributed by atoms with E-state index in [2.05, 4.69) is 0 Å². The molecule has 0 aliphatic carbocycles. The van der Waals surface area contributed by atoms with Gasteiger partial charge in [-0.1, -0.05) is 0 Å². The Balaban J connectivity index is -0.0000000228. The maximum Gasteiger partial charge on any atom is 1.00 e. The molecule has 0 radical (unpaired) electrons. The van der Waals surface area contributed by atoms with Gasteiger partial charge < -0.3 is 96.9 Å². The van der Waals surface area contributed by atoms with Crippen LogP contribution in [0.3, 0.4) is 0 Å². The van der Waals surface area contributed by atoms with Crippen LogP contribution in [0.25, 0.3) is 0 Å². The third kappa shape index (κ3) is 120. The molecule has 260 valence electrons. The van der Waals surface area contributed by atoms with Crippen molar-refractivity contribution in [1.82, 2.24) is 0 Å². The Morgan fingerprint density at radius 3 is 0.356 bits per heavy atom. The van der Waals surface area contributed by atoms with Crippen LogP contribution in [-0.2, 0) is 36.5 Å². The van der Waals surface area contributed by atoms with Gasteiger partial charge in [-0.15, -0.1) is 0 Å². The largest absolute Gasteiger partial charge is 1.00 e. The van der Waals surface area contributed by atoms with Crippen molar-refractivity contribution in [1.29, 1.82) is 0 Å². The first-order valence-electron chi connectivity index (χ1n) is 8.51. The predicted octanol–water partition coefficient (Wildman–Crippen LogP) is -18.3. The van der Waals surface area contributed by atoms with Gasteiger partial charge in [-0.2, -0.15) is 0 Å². The molecule has 0 saturated heterocycles. The van der Waals surface area contributed by atoms with E-state index >= 15 is 0 Å². The molecule has 39 heteroatoms. The Morgan fingerprint density at radius 2 is 0.356 bits per heavy atom. The molecule has 0 aromatic carbocycles. The van der Waals surface area contributed by atoms with Gasteiger partial charge in [0, 0.05) is 13.1 Å². The number of nitrogens with two attached hydrogens (primary N) is 2. The molecule has 0 bridgehead atoms. The molecule has 0 aliphatic heterocycles. The van der Waals surface area contributed by atoms with Crippen LogP contribution in [0.4, 0.5) is 0 Å². The summed E-state index contributed by atoms with van der Waals surface area (Å²) in [4.78, 5) is 128. The minimum atomic E-state index is -4.55. The van der Waals surface area contributed by atoms with Gasteiger partial charge in [-0.05, 0) is 0 Å². The maximum absolute atomic E-state index is 9.85. The van der Waals surface area contributed by atoms with E-state index in [0.29, 0.717) is 13.1 Å². The summed E-state index contributed by atoms with van der Waals surface area (Å²) in [6.07, 6.45) is 0. The normalized spacial score (nSPS) is 11.7. The molecule has 0 aliphatic rings. The van der Waals surface area contributed by atoms with E-state index in [1.165, 1.54) is 0 Å². The second-order valence-corrected chi connectivity index (χ2v) is 21.6. The molecule has 0 aromatic rings. The zero-order valence-electron chi connectivity index (χ0n) is 29.4. The summed E-state index contributed by atoms with van der Waals surface area (Å²) >= 11 is 0. The summed E-state index contributed by atoms with van der Waals surface area (Å²) in [6, 6.07) is 0. The fourth-order valence-electron chi connectivity index (χ4n) is 0.960. The fraction of sp³-hybridized carbons (Fsp3) is 1.00. The SMILES string of the molecule is NCCN.O=P(O)(O)CP(=O)(O)O.O=P(O)(O)CP(=O)(O)O.O=P(O)(O)CP(=O)(O)O.O=P(O)(O)CP(=O)(O)O.[H-].[H-].[H-].[H-].[H-].[Na+].[Na+].[Na+].[Na+].[Na+]. The van der Waals surface area contributed by atoms with Gasteiger partial charge in [0.1, 0.15) is 0 Å². The van der Waals surface area contributed by atoms with Gasteiger partial charge in [-0.25, -0.2) is 0 Å². The molecule has 0 unspecified atom stereocenters. The van der Waals surface area contributed by atoms with Gasteiger partial charge in [0.05, 0.1) is 0 Å². The van der Waals surface area contributed by atoms with E-state index in [1.807, 2.05) is 0 Å². The third-order valence-corrected chi connectivity index (χ3v) is 13.4. The molecule has 0 saturated carbocycles. The Kier molecular flexibility index (Phi) is 56.5. The summed E-state index contributed by atoms with van der Waals surface area (Å²) in [6.45, 7) is 1.19. The first-order chi connectivity index (χ1) is 16.7. The minimum Gasteiger partial charge on any atom is -1.00 e. The van der Waals surface area contributed by atoms with E-state index in [0.717, 1.165) is 0 Å². The molecular formula is C6H37N2Na5O24P8. The van der Waals surface area contributed by atoms with E-state index in [4.69, 9.17) is 89.8 Å². The van der Waals surface area contributed by atoms with Crippen molar-refractivity contribution in [3.8, 4) is 0 Å². The zero-order valence-corrected chi connectivity index (χ0v) is 41.6. The van der Waals surface area contributed by atoms with E-state index in [1.54, 1.807) is 0 Å². The summed E-state index contributed by atoms with van der Waals surface area (Å²) < 4.78 is 78.8. The van der Waals surface area contributed by atoms with Gasteiger partial charge >= 0.3 is 209 Å². The van der Waals surface area contributed by atoms with Crippen LogP contribution in [0.1, 0.15) is 7.13 Å². The Labute approximate surface area is 373 Å². The van der Waals surface area contributed by atoms with Crippen molar-refractivity contribution in [2.24, 2.45) is 11.5 Å². The average molecular weight is 884 g/mol. The molecule has 20 N–H and O–H groups in total. The molecule has 0 heterocycles. The van der Waals surface area contributed by atoms with Gasteiger partial charge in [-0.3, -0.25) is 36.5 Å². The molecule has 45 heavy (non-hydrogen) atoms. The first kappa shape index (κ1) is 75.9. The van der Waals surface area contributed by atoms with Crippen LogP contribution in [0, 0.1) is 0 Å². The topological polar surface area (TPSA) is 512 Å². The molecule has 26 nitrogen and oxygen atoms in total. The Hall–Kier alpha value is 6.12. The molecule has 0 fully saturated rings. The van der Waals surface area contributed by atoms with E-state index in [-0.39, 0.29) is 155 Å². The predicted molar refractivity (Wildman–Crippen MR) is 139 cm³/mol. The monoisotopic (exact) mass is 884 g/mol. The molecule has 0 rings (SSSR count). The quantitative estimate of drug-likeness (QED) is 0.0755.